The number of nitrogens with zero attached hydrogens (tertiary/aromatic N) is 1. The van der Waals surface area contributed by atoms with E-state index in [4.69, 9.17) is 15.6 Å². The van der Waals surface area contributed by atoms with Crippen LogP contribution in [0.1, 0.15) is 24.3 Å². The van der Waals surface area contributed by atoms with Crippen molar-refractivity contribution < 1.29 is 9.84 Å². The minimum absolute atomic E-state index is 0.0901. The first-order valence-corrected chi connectivity index (χ1v) is 6.74. The molecule has 0 bridgehead atoms. The molecule has 2 rings (SSSR count). The Labute approximate surface area is 119 Å². The minimum Gasteiger partial charge on any atom is -0.482 e. The van der Waals surface area contributed by atoms with E-state index in [9.17, 15) is 0 Å². The summed E-state index contributed by atoms with van der Waals surface area (Å²) in [6, 6.07) is 13.2. The molecule has 2 atom stereocenters. The molecule has 0 radical (unpaired) electrons. The molecule has 0 saturated carbocycles. The normalized spacial score (nSPS) is 13.8. The van der Waals surface area contributed by atoms with Crippen LogP contribution in [0.5, 0.6) is 5.75 Å². The number of aromatic nitrogens is 1. The molecule has 0 aliphatic heterocycles. The average molecular weight is 272 g/mol. The molecule has 1 heterocycles. The van der Waals surface area contributed by atoms with Crippen LogP contribution in [0.3, 0.4) is 0 Å². The summed E-state index contributed by atoms with van der Waals surface area (Å²) in [5.41, 5.74) is 7.80. The fourth-order valence-corrected chi connectivity index (χ4v) is 2.06. The lowest BCUT2D eigenvalue weighted by Crippen LogP contribution is -2.30. The highest BCUT2D eigenvalue weighted by atomic mass is 16.5. The molecule has 4 heteroatoms. The topological polar surface area (TPSA) is 68.4 Å². The maximum atomic E-state index is 9.11. The van der Waals surface area contributed by atoms with Gasteiger partial charge in [-0.2, -0.15) is 0 Å². The van der Waals surface area contributed by atoms with Gasteiger partial charge in [0.1, 0.15) is 5.75 Å². The fourth-order valence-electron chi connectivity index (χ4n) is 2.06. The van der Waals surface area contributed by atoms with Crippen molar-refractivity contribution in [3.05, 3.63) is 59.9 Å². The van der Waals surface area contributed by atoms with Gasteiger partial charge in [0, 0.05) is 18.8 Å². The Morgan fingerprint density at radius 2 is 1.95 bits per heavy atom. The number of nitrogens with two attached hydrogens (primary N) is 1. The van der Waals surface area contributed by atoms with Gasteiger partial charge in [0.25, 0.3) is 0 Å². The number of hydrogen-bond donors (Lipinski definition) is 2. The zero-order valence-electron chi connectivity index (χ0n) is 11.6. The molecule has 1 aromatic carbocycles. The number of aliphatic hydroxyl groups is 1. The van der Waals surface area contributed by atoms with Gasteiger partial charge >= 0.3 is 0 Å². The molecular formula is C16H20N2O2. The Bertz CT molecular complexity index is 529. The summed E-state index contributed by atoms with van der Waals surface area (Å²) in [4.78, 5) is 4.32. The van der Waals surface area contributed by atoms with E-state index in [1.165, 1.54) is 0 Å². The molecule has 106 valence electrons. The smallest absolute Gasteiger partial charge is 0.155 e. The number of hydrogen-bond acceptors (Lipinski definition) is 4. The highest BCUT2D eigenvalue weighted by molar-refractivity contribution is 5.34. The van der Waals surface area contributed by atoms with Crippen LogP contribution in [0.25, 0.3) is 0 Å². The molecule has 3 N–H and O–H groups in total. The number of ether oxygens (including phenoxy) is 1. The SMILES string of the molecule is CC(N)C(Oc1ccccc1CCO)c1ccccn1. The molecule has 1 aromatic heterocycles. The van der Waals surface area contributed by atoms with Gasteiger partial charge in [-0.15, -0.1) is 0 Å². The van der Waals surface area contributed by atoms with Gasteiger partial charge < -0.3 is 15.6 Å². The third-order valence-corrected chi connectivity index (χ3v) is 3.06. The first-order valence-electron chi connectivity index (χ1n) is 6.74. The van der Waals surface area contributed by atoms with Crippen molar-refractivity contribution >= 4 is 0 Å². The summed E-state index contributed by atoms with van der Waals surface area (Å²) in [5.74, 6) is 0.745. The van der Waals surface area contributed by atoms with Crippen molar-refractivity contribution in [1.82, 2.24) is 4.98 Å². The Kier molecular flexibility index (Phi) is 5.09. The van der Waals surface area contributed by atoms with Crippen LogP contribution < -0.4 is 10.5 Å². The summed E-state index contributed by atoms with van der Waals surface area (Å²) in [5, 5.41) is 9.11. The molecule has 0 fully saturated rings. The van der Waals surface area contributed by atoms with E-state index in [1.54, 1.807) is 6.20 Å². The van der Waals surface area contributed by atoms with E-state index < -0.39 is 0 Å². The number of aliphatic hydroxyl groups excluding tert-OH is 1. The van der Waals surface area contributed by atoms with Crippen LogP contribution in [-0.2, 0) is 6.42 Å². The van der Waals surface area contributed by atoms with Gasteiger partial charge in [0.05, 0.1) is 5.69 Å². The van der Waals surface area contributed by atoms with Crippen LogP contribution in [0.15, 0.2) is 48.7 Å². The lowest BCUT2D eigenvalue weighted by molar-refractivity contribution is 0.173. The van der Waals surface area contributed by atoms with Crippen molar-refractivity contribution in [2.24, 2.45) is 5.73 Å². The fraction of sp³-hybridized carbons (Fsp3) is 0.312. The van der Waals surface area contributed by atoms with Gasteiger partial charge in [-0.1, -0.05) is 24.3 Å². The number of benzene rings is 1. The molecule has 0 aliphatic rings. The van der Waals surface area contributed by atoms with Crippen molar-refractivity contribution in [2.45, 2.75) is 25.5 Å². The van der Waals surface area contributed by atoms with E-state index in [0.717, 1.165) is 17.0 Å². The standard InChI is InChI=1S/C16H20N2O2/c1-12(17)16(14-7-4-5-10-18-14)20-15-8-3-2-6-13(15)9-11-19/h2-8,10,12,16,19H,9,11,17H2,1H3. The Balaban J connectivity index is 2.25. The van der Waals surface area contributed by atoms with Gasteiger partial charge in [0.2, 0.25) is 0 Å². The predicted molar refractivity (Wildman–Crippen MR) is 78.5 cm³/mol. The maximum absolute atomic E-state index is 9.11. The van der Waals surface area contributed by atoms with Gasteiger partial charge in [-0.25, -0.2) is 0 Å². The van der Waals surface area contributed by atoms with Crippen molar-refractivity contribution in [3.63, 3.8) is 0 Å². The molecule has 2 aromatic rings. The van der Waals surface area contributed by atoms with Crippen LogP contribution in [0, 0.1) is 0 Å². The lowest BCUT2D eigenvalue weighted by Gasteiger charge is -2.23. The third-order valence-electron chi connectivity index (χ3n) is 3.06. The summed E-state index contributed by atoms with van der Waals surface area (Å²) in [7, 11) is 0. The van der Waals surface area contributed by atoms with E-state index in [-0.39, 0.29) is 18.8 Å². The zero-order chi connectivity index (χ0) is 14.4. The molecular weight excluding hydrogens is 252 g/mol. The molecule has 0 saturated heterocycles. The summed E-state index contributed by atoms with van der Waals surface area (Å²) in [6.07, 6.45) is 1.98. The molecule has 0 aliphatic carbocycles. The highest BCUT2D eigenvalue weighted by Gasteiger charge is 2.20. The van der Waals surface area contributed by atoms with Crippen LogP contribution >= 0.6 is 0 Å². The van der Waals surface area contributed by atoms with Crippen LogP contribution in [0.4, 0.5) is 0 Å². The predicted octanol–water partition coefficient (Wildman–Crippen LogP) is 2.08. The highest BCUT2D eigenvalue weighted by Crippen LogP contribution is 2.26. The van der Waals surface area contributed by atoms with E-state index >= 15 is 0 Å². The molecule has 0 amide bonds. The van der Waals surface area contributed by atoms with E-state index in [2.05, 4.69) is 4.98 Å². The third kappa shape index (κ3) is 3.56. The van der Waals surface area contributed by atoms with E-state index in [0.29, 0.717) is 6.42 Å². The van der Waals surface area contributed by atoms with Crippen molar-refractivity contribution in [1.29, 1.82) is 0 Å². The second kappa shape index (κ2) is 7.03. The maximum Gasteiger partial charge on any atom is 0.155 e. The summed E-state index contributed by atoms with van der Waals surface area (Å²) < 4.78 is 6.05. The second-order valence-corrected chi connectivity index (χ2v) is 4.73. The zero-order valence-corrected chi connectivity index (χ0v) is 11.6. The minimum atomic E-state index is -0.309. The Hall–Kier alpha value is -1.91. The molecule has 20 heavy (non-hydrogen) atoms. The van der Waals surface area contributed by atoms with E-state index in [1.807, 2.05) is 49.4 Å². The monoisotopic (exact) mass is 272 g/mol. The number of para-hydroxylation sites is 1. The largest absolute Gasteiger partial charge is 0.482 e. The number of rotatable bonds is 6. The summed E-state index contributed by atoms with van der Waals surface area (Å²) in [6.45, 7) is 1.99. The molecule has 0 spiro atoms. The number of pyridine rings is 1. The van der Waals surface area contributed by atoms with Gasteiger partial charge in [0.15, 0.2) is 6.10 Å². The molecule has 2 unspecified atom stereocenters. The quantitative estimate of drug-likeness (QED) is 0.845. The molecule has 4 nitrogen and oxygen atoms in total. The second-order valence-electron chi connectivity index (χ2n) is 4.73. The van der Waals surface area contributed by atoms with Crippen molar-refractivity contribution in [2.75, 3.05) is 6.61 Å². The lowest BCUT2D eigenvalue weighted by atomic mass is 10.1. The van der Waals surface area contributed by atoms with Crippen molar-refractivity contribution in [3.8, 4) is 5.75 Å². The Morgan fingerprint density at radius 3 is 2.60 bits per heavy atom. The first kappa shape index (κ1) is 14.5. The first-order chi connectivity index (χ1) is 9.72. The van der Waals surface area contributed by atoms with Crippen LogP contribution in [0.2, 0.25) is 0 Å². The Morgan fingerprint density at radius 1 is 1.20 bits per heavy atom. The van der Waals surface area contributed by atoms with Gasteiger partial charge in [-0.05, 0) is 37.1 Å². The average Bonchev–Trinajstić information content (AvgIpc) is 2.47. The van der Waals surface area contributed by atoms with Gasteiger partial charge in [-0.3, -0.25) is 4.98 Å². The summed E-state index contributed by atoms with van der Waals surface area (Å²) >= 11 is 0. The van der Waals surface area contributed by atoms with Crippen LogP contribution in [-0.4, -0.2) is 22.7 Å².